The van der Waals surface area contributed by atoms with Crippen molar-refractivity contribution in [3.8, 4) is 11.1 Å². The average Bonchev–Trinajstić information content (AvgIpc) is 3.17. The summed E-state index contributed by atoms with van der Waals surface area (Å²) in [7, 11) is 0. The quantitative estimate of drug-likeness (QED) is 0.236. The van der Waals surface area contributed by atoms with Crippen LogP contribution in [0.25, 0.3) is 33.1 Å². The van der Waals surface area contributed by atoms with E-state index >= 15 is 0 Å². The summed E-state index contributed by atoms with van der Waals surface area (Å²) in [5, 5.41) is 6.01. The van der Waals surface area contributed by atoms with E-state index in [-0.39, 0.29) is 5.41 Å². The fourth-order valence-corrected chi connectivity index (χ4v) is 4.38. The van der Waals surface area contributed by atoms with Crippen molar-refractivity contribution in [1.29, 1.82) is 0 Å². The van der Waals surface area contributed by atoms with E-state index in [1.807, 2.05) is 25.1 Å². The highest BCUT2D eigenvalue weighted by Gasteiger charge is 2.35. The SMILES string of the molecule is CC(=O)O/N=C(\C)c1ccc2oc3cc4c(cc3c2c1)-c1ccccc1C4(C)C. The second-order valence-electron chi connectivity index (χ2n) is 8.14. The lowest BCUT2D eigenvalue weighted by Crippen LogP contribution is -2.14. The molecule has 144 valence electrons. The molecule has 0 unspecified atom stereocenters. The Morgan fingerprint density at radius 3 is 2.45 bits per heavy atom. The van der Waals surface area contributed by atoms with Gasteiger partial charge in [-0.15, -0.1) is 0 Å². The van der Waals surface area contributed by atoms with E-state index in [0.29, 0.717) is 5.71 Å². The zero-order chi connectivity index (χ0) is 20.3. The van der Waals surface area contributed by atoms with Crippen LogP contribution >= 0.6 is 0 Å². The van der Waals surface area contributed by atoms with Crippen LogP contribution in [0.5, 0.6) is 0 Å². The monoisotopic (exact) mass is 383 g/mol. The molecular weight excluding hydrogens is 362 g/mol. The van der Waals surface area contributed by atoms with Crippen LogP contribution in [0.15, 0.2) is 64.2 Å². The van der Waals surface area contributed by atoms with Gasteiger partial charge in [0.05, 0.1) is 5.71 Å². The number of carbonyl (C=O) groups is 1. The summed E-state index contributed by atoms with van der Waals surface area (Å²) in [6.07, 6.45) is 0. The molecule has 1 heterocycles. The number of fused-ring (bicyclic) bond motifs is 6. The van der Waals surface area contributed by atoms with Gasteiger partial charge in [-0.1, -0.05) is 43.3 Å². The Morgan fingerprint density at radius 1 is 0.897 bits per heavy atom. The molecular formula is C25H21NO3. The standard InChI is InChI=1S/C25H21NO3/c1-14(26-29-15(2)27)16-9-10-23-19(11-16)20-12-18-17-7-5-6-8-21(17)25(3,4)22(18)13-24(20)28-23/h5-13H,1-4H3/b26-14+. The topological polar surface area (TPSA) is 51.8 Å². The van der Waals surface area contributed by atoms with Crippen molar-refractivity contribution in [1.82, 2.24) is 0 Å². The lowest BCUT2D eigenvalue weighted by molar-refractivity contribution is -0.140. The van der Waals surface area contributed by atoms with Crippen LogP contribution in [-0.4, -0.2) is 11.7 Å². The van der Waals surface area contributed by atoms with Crippen molar-refractivity contribution in [3.05, 3.63) is 71.3 Å². The fourth-order valence-electron chi connectivity index (χ4n) is 4.38. The zero-order valence-electron chi connectivity index (χ0n) is 16.9. The first-order valence-corrected chi connectivity index (χ1v) is 9.69. The lowest BCUT2D eigenvalue weighted by atomic mass is 9.82. The van der Waals surface area contributed by atoms with Crippen molar-refractivity contribution >= 4 is 33.6 Å². The fraction of sp³-hybridized carbons (Fsp3) is 0.200. The highest BCUT2D eigenvalue weighted by atomic mass is 16.7. The summed E-state index contributed by atoms with van der Waals surface area (Å²) in [5.74, 6) is -0.434. The van der Waals surface area contributed by atoms with Crippen LogP contribution in [0.2, 0.25) is 0 Å². The third-order valence-electron chi connectivity index (χ3n) is 5.90. The van der Waals surface area contributed by atoms with Crippen LogP contribution in [0.4, 0.5) is 0 Å². The molecule has 0 atom stereocenters. The molecule has 29 heavy (non-hydrogen) atoms. The summed E-state index contributed by atoms with van der Waals surface area (Å²) in [6.45, 7) is 7.69. The van der Waals surface area contributed by atoms with Crippen molar-refractivity contribution in [3.63, 3.8) is 0 Å². The summed E-state index contributed by atoms with van der Waals surface area (Å²) in [5.41, 5.74) is 8.37. The molecule has 3 aromatic carbocycles. The number of hydrogen-bond acceptors (Lipinski definition) is 4. The Bertz CT molecular complexity index is 1340. The van der Waals surface area contributed by atoms with Crippen molar-refractivity contribution in [2.45, 2.75) is 33.1 Å². The minimum atomic E-state index is -0.434. The van der Waals surface area contributed by atoms with Gasteiger partial charge in [-0.3, -0.25) is 0 Å². The van der Waals surface area contributed by atoms with E-state index < -0.39 is 5.97 Å². The van der Waals surface area contributed by atoms with Gasteiger partial charge in [-0.25, -0.2) is 4.79 Å². The Kier molecular flexibility index (Phi) is 3.69. The van der Waals surface area contributed by atoms with Gasteiger partial charge in [0.2, 0.25) is 0 Å². The Morgan fingerprint density at radius 2 is 1.66 bits per heavy atom. The molecule has 0 radical (unpaired) electrons. The molecule has 0 amide bonds. The van der Waals surface area contributed by atoms with Crippen LogP contribution < -0.4 is 0 Å². The van der Waals surface area contributed by atoms with Crippen LogP contribution in [-0.2, 0) is 15.0 Å². The number of carbonyl (C=O) groups excluding carboxylic acids is 1. The first kappa shape index (κ1) is 17.7. The van der Waals surface area contributed by atoms with Crippen molar-refractivity contribution < 1.29 is 14.0 Å². The molecule has 5 rings (SSSR count). The maximum atomic E-state index is 11.0. The Hall–Kier alpha value is -3.40. The predicted octanol–water partition coefficient (Wildman–Crippen LogP) is 6.18. The Balaban J connectivity index is 1.73. The molecule has 1 aliphatic rings. The highest BCUT2D eigenvalue weighted by Crippen LogP contribution is 2.50. The molecule has 0 fully saturated rings. The van der Waals surface area contributed by atoms with E-state index in [2.05, 4.69) is 55.4 Å². The van der Waals surface area contributed by atoms with E-state index in [1.165, 1.54) is 29.2 Å². The smallest absolute Gasteiger partial charge is 0.331 e. The Labute approximate surface area is 168 Å². The van der Waals surface area contributed by atoms with E-state index in [4.69, 9.17) is 9.25 Å². The maximum Gasteiger partial charge on any atom is 0.331 e. The number of oxime groups is 1. The number of hydrogen-bond donors (Lipinski definition) is 0. The molecule has 4 heteroatoms. The molecule has 0 bridgehead atoms. The average molecular weight is 383 g/mol. The number of furan rings is 1. The van der Waals surface area contributed by atoms with Gasteiger partial charge >= 0.3 is 5.97 Å². The minimum Gasteiger partial charge on any atom is -0.456 e. The normalized spacial score (nSPS) is 14.8. The summed E-state index contributed by atoms with van der Waals surface area (Å²) >= 11 is 0. The van der Waals surface area contributed by atoms with E-state index in [0.717, 1.165) is 27.5 Å². The van der Waals surface area contributed by atoms with Crippen LogP contribution in [0.1, 0.15) is 44.4 Å². The first-order chi connectivity index (χ1) is 13.9. The molecule has 4 nitrogen and oxygen atoms in total. The molecule has 1 aromatic heterocycles. The zero-order valence-corrected chi connectivity index (χ0v) is 16.9. The molecule has 0 N–H and O–H groups in total. The highest BCUT2D eigenvalue weighted by molar-refractivity contribution is 6.11. The van der Waals surface area contributed by atoms with Gasteiger partial charge in [0.1, 0.15) is 11.2 Å². The molecule has 0 aliphatic heterocycles. The summed E-state index contributed by atoms with van der Waals surface area (Å²) < 4.78 is 6.18. The van der Waals surface area contributed by atoms with Gasteiger partial charge < -0.3 is 9.25 Å². The second-order valence-corrected chi connectivity index (χ2v) is 8.14. The minimum absolute atomic E-state index is 0.0580. The number of nitrogens with zero attached hydrogens (tertiary/aromatic N) is 1. The van der Waals surface area contributed by atoms with Crippen LogP contribution in [0, 0.1) is 0 Å². The van der Waals surface area contributed by atoms with E-state index in [1.54, 1.807) is 0 Å². The largest absolute Gasteiger partial charge is 0.456 e. The predicted molar refractivity (Wildman–Crippen MR) is 115 cm³/mol. The van der Waals surface area contributed by atoms with Crippen molar-refractivity contribution in [2.24, 2.45) is 5.16 Å². The molecule has 4 aromatic rings. The molecule has 0 saturated carbocycles. The van der Waals surface area contributed by atoms with Crippen molar-refractivity contribution in [2.75, 3.05) is 0 Å². The molecule has 1 aliphatic carbocycles. The number of rotatable bonds is 2. The molecule has 0 spiro atoms. The second kappa shape index (κ2) is 6.05. The third-order valence-corrected chi connectivity index (χ3v) is 5.90. The third kappa shape index (κ3) is 2.59. The summed E-state index contributed by atoms with van der Waals surface area (Å²) in [6, 6.07) is 18.9. The van der Waals surface area contributed by atoms with Crippen LogP contribution in [0.3, 0.4) is 0 Å². The van der Waals surface area contributed by atoms with E-state index in [9.17, 15) is 4.79 Å². The van der Waals surface area contributed by atoms with Gasteiger partial charge in [0, 0.05) is 23.1 Å². The summed E-state index contributed by atoms with van der Waals surface area (Å²) in [4.78, 5) is 15.8. The van der Waals surface area contributed by atoms with Gasteiger partial charge in [-0.2, -0.15) is 0 Å². The molecule has 0 saturated heterocycles. The first-order valence-electron chi connectivity index (χ1n) is 9.69. The lowest BCUT2D eigenvalue weighted by Gasteiger charge is -2.21. The van der Waals surface area contributed by atoms with Gasteiger partial charge in [0.15, 0.2) is 0 Å². The maximum absolute atomic E-state index is 11.0. The van der Waals surface area contributed by atoms with Gasteiger partial charge in [-0.05, 0) is 65.1 Å². The van der Waals surface area contributed by atoms with Gasteiger partial charge in [0.25, 0.3) is 0 Å². The number of benzene rings is 3.